The first-order valence-corrected chi connectivity index (χ1v) is 7.76. The van der Waals surface area contributed by atoms with Gasteiger partial charge in [-0.15, -0.1) is 0 Å². The van der Waals surface area contributed by atoms with Crippen LogP contribution in [0, 0.1) is 0 Å². The molecule has 0 saturated heterocycles. The molecule has 0 radical (unpaired) electrons. The molecular formula is C18H20Cl2O. The normalized spacial score (nSPS) is 13.2. The van der Waals surface area contributed by atoms with Gasteiger partial charge in [0.25, 0.3) is 0 Å². The lowest BCUT2D eigenvalue weighted by Gasteiger charge is -2.25. The monoisotopic (exact) mass is 322 g/mol. The van der Waals surface area contributed by atoms with Gasteiger partial charge in [-0.25, -0.2) is 0 Å². The van der Waals surface area contributed by atoms with Gasteiger partial charge in [0.05, 0.1) is 6.10 Å². The van der Waals surface area contributed by atoms with Gasteiger partial charge in [-0.05, 0) is 34.2 Å². The van der Waals surface area contributed by atoms with Crippen molar-refractivity contribution in [3.8, 4) is 0 Å². The van der Waals surface area contributed by atoms with Crippen molar-refractivity contribution in [2.45, 2.75) is 38.7 Å². The van der Waals surface area contributed by atoms with Gasteiger partial charge in [-0.1, -0.05) is 74.3 Å². The zero-order valence-electron chi connectivity index (χ0n) is 12.5. The third-order valence-corrected chi connectivity index (χ3v) is 4.30. The molecule has 2 aromatic rings. The van der Waals surface area contributed by atoms with Crippen LogP contribution < -0.4 is 0 Å². The Morgan fingerprint density at radius 1 is 0.952 bits per heavy atom. The van der Waals surface area contributed by atoms with Gasteiger partial charge in [0.15, 0.2) is 0 Å². The molecule has 1 N–H and O–H groups in total. The number of hydrogen-bond acceptors (Lipinski definition) is 1. The molecule has 0 amide bonds. The van der Waals surface area contributed by atoms with E-state index in [0.29, 0.717) is 16.5 Å². The minimum Gasteiger partial charge on any atom is -0.388 e. The van der Waals surface area contributed by atoms with Crippen molar-refractivity contribution in [3.63, 3.8) is 0 Å². The maximum atomic E-state index is 10.6. The summed E-state index contributed by atoms with van der Waals surface area (Å²) in [6, 6.07) is 13.4. The SMILES string of the molecule is CC(C)(C)c1ccccc1C(O)Cc1c(Cl)cccc1Cl. The average molecular weight is 323 g/mol. The van der Waals surface area contributed by atoms with Crippen LogP contribution in [-0.2, 0) is 11.8 Å². The number of aliphatic hydroxyl groups is 1. The van der Waals surface area contributed by atoms with Crippen LogP contribution in [0.15, 0.2) is 42.5 Å². The molecule has 1 atom stereocenters. The number of halogens is 2. The molecule has 0 aliphatic heterocycles. The Kier molecular flexibility index (Phi) is 4.98. The summed E-state index contributed by atoms with van der Waals surface area (Å²) in [5.74, 6) is 0. The van der Waals surface area contributed by atoms with Crippen molar-refractivity contribution < 1.29 is 5.11 Å². The fourth-order valence-electron chi connectivity index (χ4n) is 2.50. The Bertz CT molecular complexity index is 609. The summed E-state index contributed by atoms with van der Waals surface area (Å²) < 4.78 is 0. The lowest BCUT2D eigenvalue weighted by Crippen LogP contribution is -2.17. The molecule has 0 heterocycles. The molecule has 3 heteroatoms. The number of rotatable bonds is 3. The van der Waals surface area contributed by atoms with E-state index in [1.54, 1.807) is 12.1 Å². The summed E-state index contributed by atoms with van der Waals surface area (Å²) in [7, 11) is 0. The predicted octanol–water partition coefficient (Wildman–Crippen LogP) is 5.57. The van der Waals surface area contributed by atoms with Gasteiger partial charge in [0, 0.05) is 16.5 Å². The van der Waals surface area contributed by atoms with Crippen LogP contribution in [-0.4, -0.2) is 5.11 Å². The zero-order valence-corrected chi connectivity index (χ0v) is 14.0. The molecule has 0 aliphatic rings. The van der Waals surface area contributed by atoms with Gasteiger partial charge in [-0.3, -0.25) is 0 Å². The van der Waals surface area contributed by atoms with Crippen LogP contribution in [0.25, 0.3) is 0 Å². The molecule has 0 fully saturated rings. The highest BCUT2D eigenvalue weighted by molar-refractivity contribution is 6.36. The van der Waals surface area contributed by atoms with Gasteiger partial charge in [0.1, 0.15) is 0 Å². The highest BCUT2D eigenvalue weighted by Crippen LogP contribution is 2.34. The van der Waals surface area contributed by atoms with E-state index in [4.69, 9.17) is 23.2 Å². The fourth-order valence-corrected chi connectivity index (χ4v) is 3.05. The maximum Gasteiger partial charge on any atom is 0.0834 e. The van der Waals surface area contributed by atoms with E-state index in [-0.39, 0.29) is 5.41 Å². The van der Waals surface area contributed by atoms with Crippen LogP contribution >= 0.6 is 23.2 Å². The minimum absolute atomic E-state index is 0.0259. The Labute approximate surface area is 136 Å². The van der Waals surface area contributed by atoms with E-state index in [0.717, 1.165) is 16.7 Å². The van der Waals surface area contributed by atoms with Crippen LogP contribution in [0.5, 0.6) is 0 Å². The molecule has 1 nitrogen and oxygen atoms in total. The molecule has 2 aromatic carbocycles. The average Bonchev–Trinajstić information content (AvgIpc) is 2.42. The molecule has 112 valence electrons. The second kappa shape index (κ2) is 6.39. The number of hydrogen-bond donors (Lipinski definition) is 1. The molecule has 0 aliphatic carbocycles. The highest BCUT2D eigenvalue weighted by atomic mass is 35.5. The van der Waals surface area contributed by atoms with E-state index >= 15 is 0 Å². The van der Waals surface area contributed by atoms with E-state index < -0.39 is 6.10 Å². The molecule has 0 spiro atoms. The standard InChI is InChI=1S/C18H20Cl2O/c1-18(2,3)14-8-5-4-7-12(14)17(21)11-13-15(19)9-6-10-16(13)20/h4-10,17,21H,11H2,1-3H3. The lowest BCUT2D eigenvalue weighted by molar-refractivity contribution is 0.176. The first-order chi connectivity index (χ1) is 9.80. The molecule has 1 unspecified atom stereocenters. The zero-order chi connectivity index (χ0) is 15.6. The minimum atomic E-state index is -0.627. The summed E-state index contributed by atoms with van der Waals surface area (Å²) in [4.78, 5) is 0. The number of benzene rings is 2. The Morgan fingerprint density at radius 2 is 1.52 bits per heavy atom. The van der Waals surface area contributed by atoms with Gasteiger partial charge in [0.2, 0.25) is 0 Å². The summed E-state index contributed by atoms with van der Waals surface area (Å²) in [6.45, 7) is 6.42. The largest absolute Gasteiger partial charge is 0.388 e. The van der Waals surface area contributed by atoms with Crippen LogP contribution in [0.1, 0.15) is 43.6 Å². The molecule has 0 aromatic heterocycles. The molecule has 0 bridgehead atoms. The number of aliphatic hydroxyl groups excluding tert-OH is 1. The van der Waals surface area contributed by atoms with Gasteiger partial charge in [-0.2, -0.15) is 0 Å². The summed E-state index contributed by atoms with van der Waals surface area (Å²) in [6.07, 6.45) is -0.219. The van der Waals surface area contributed by atoms with E-state index in [1.807, 2.05) is 24.3 Å². The smallest absolute Gasteiger partial charge is 0.0834 e. The maximum absolute atomic E-state index is 10.6. The van der Waals surface area contributed by atoms with Crippen LogP contribution in [0.3, 0.4) is 0 Å². The first kappa shape index (κ1) is 16.4. The van der Waals surface area contributed by atoms with E-state index in [9.17, 15) is 5.11 Å². The van der Waals surface area contributed by atoms with Gasteiger partial charge >= 0.3 is 0 Å². The van der Waals surface area contributed by atoms with E-state index in [1.165, 1.54) is 0 Å². The van der Waals surface area contributed by atoms with Crippen molar-refractivity contribution in [2.75, 3.05) is 0 Å². The second-order valence-electron chi connectivity index (χ2n) is 6.26. The molecule has 21 heavy (non-hydrogen) atoms. The van der Waals surface area contributed by atoms with Crippen molar-refractivity contribution in [1.82, 2.24) is 0 Å². The highest BCUT2D eigenvalue weighted by Gasteiger charge is 2.22. The second-order valence-corrected chi connectivity index (χ2v) is 7.07. The quantitative estimate of drug-likeness (QED) is 0.783. The van der Waals surface area contributed by atoms with E-state index in [2.05, 4.69) is 26.8 Å². The Balaban J connectivity index is 2.36. The lowest BCUT2D eigenvalue weighted by atomic mass is 9.81. The van der Waals surface area contributed by atoms with Crippen molar-refractivity contribution in [3.05, 3.63) is 69.2 Å². The third-order valence-electron chi connectivity index (χ3n) is 3.59. The van der Waals surface area contributed by atoms with Crippen molar-refractivity contribution in [1.29, 1.82) is 0 Å². The van der Waals surface area contributed by atoms with Crippen molar-refractivity contribution in [2.24, 2.45) is 0 Å². The summed E-state index contributed by atoms with van der Waals surface area (Å²) >= 11 is 12.4. The Morgan fingerprint density at radius 3 is 2.10 bits per heavy atom. The Hall–Kier alpha value is -1.02. The first-order valence-electron chi connectivity index (χ1n) is 7.01. The summed E-state index contributed by atoms with van der Waals surface area (Å²) in [5.41, 5.74) is 2.83. The predicted molar refractivity (Wildman–Crippen MR) is 90.3 cm³/mol. The molecular weight excluding hydrogens is 303 g/mol. The molecule has 0 saturated carbocycles. The van der Waals surface area contributed by atoms with Crippen LogP contribution in [0.4, 0.5) is 0 Å². The third kappa shape index (κ3) is 3.79. The van der Waals surface area contributed by atoms with Crippen molar-refractivity contribution >= 4 is 23.2 Å². The fraction of sp³-hybridized carbons (Fsp3) is 0.333. The van der Waals surface area contributed by atoms with Gasteiger partial charge < -0.3 is 5.11 Å². The molecule has 2 rings (SSSR count). The van der Waals surface area contributed by atoms with Crippen LogP contribution in [0.2, 0.25) is 10.0 Å². The topological polar surface area (TPSA) is 20.2 Å². The summed E-state index contributed by atoms with van der Waals surface area (Å²) in [5, 5.41) is 11.8.